The Labute approximate surface area is 119 Å². The van der Waals surface area contributed by atoms with E-state index >= 15 is 0 Å². The van der Waals surface area contributed by atoms with Crippen molar-refractivity contribution in [3.8, 4) is 0 Å². The van der Waals surface area contributed by atoms with Gasteiger partial charge >= 0.3 is 0 Å². The Morgan fingerprint density at radius 3 is 2.30 bits per heavy atom. The third-order valence-electron chi connectivity index (χ3n) is 3.17. The van der Waals surface area contributed by atoms with E-state index in [1.807, 2.05) is 0 Å². The molecule has 1 aromatic carbocycles. The number of anilines is 1. The molecule has 6 nitrogen and oxygen atoms in total. The molecule has 0 aliphatic carbocycles. The summed E-state index contributed by atoms with van der Waals surface area (Å²) in [6.45, 7) is 3.63. The van der Waals surface area contributed by atoms with E-state index in [0.29, 0.717) is 5.69 Å². The molecular weight excluding hydrogens is 278 g/mol. The molecule has 0 bridgehead atoms. The summed E-state index contributed by atoms with van der Waals surface area (Å²) in [5.41, 5.74) is 6.31. The summed E-state index contributed by atoms with van der Waals surface area (Å²) in [6, 6.07) is 7.05. The highest BCUT2D eigenvalue weighted by Crippen LogP contribution is 2.24. The van der Waals surface area contributed by atoms with Crippen LogP contribution in [-0.2, 0) is 20.2 Å². The molecule has 0 radical (unpaired) electrons. The van der Waals surface area contributed by atoms with E-state index in [9.17, 15) is 13.2 Å². The van der Waals surface area contributed by atoms with Crippen molar-refractivity contribution in [2.75, 3.05) is 25.1 Å². The lowest BCUT2D eigenvalue weighted by molar-refractivity contribution is -0.125. The van der Waals surface area contributed by atoms with E-state index in [1.54, 1.807) is 38.1 Å². The topological polar surface area (TPSA) is 101 Å². The van der Waals surface area contributed by atoms with E-state index in [1.165, 1.54) is 7.05 Å². The largest absolute Gasteiger partial charge is 0.399 e. The maximum Gasteiger partial charge on any atom is 0.230 e. The first-order valence-corrected chi connectivity index (χ1v) is 7.90. The summed E-state index contributed by atoms with van der Waals surface area (Å²) in [4.78, 5) is 12.2. The lowest BCUT2D eigenvalue weighted by Gasteiger charge is -2.24. The number of hydrogen-bond donors (Lipinski definition) is 3. The van der Waals surface area contributed by atoms with Gasteiger partial charge in [-0.05, 0) is 38.6 Å². The van der Waals surface area contributed by atoms with Gasteiger partial charge in [-0.3, -0.25) is 4.79 Å². The highest BCUT2D eigenvalue weighted by atomic mass is 32.2. The first-order valence-electron chi connectivity index (χ1n) is 6.24. The molecule has 20 heavy (non-hydrogen) atoms. The average molecular weight is 299 g/mol. The second-order valence-corrected chi connectivity index (χ2v) is 7.07. The first-order chi connectivity index (χ1) is 9.19. The van der Waals surface area contributed by atoms with Crippen LogP contribution in [-0.4, -0.2) is 33.7 Å². The SMILES string of the molecule is CNS(=O)(=O)CCNC(=O)C(C)(C)c1ccc(N)cc1. The number of hydrogen-bond acceptors (Lipinski definition) is 4. The zero-order valence-electron chi connectivity index (χ0n) is 11.9. The minimum Gasteiger partial charge on any atom is -0.399 e. The first kappa shape index (κ1) is 16.5. The highest BCUT2D eigenvalue weighted by molar-refractivity contribution is 7.89. The van der Waals surface area contributed by atoms with Gasteiger partial charge < -0.3 is 11.1 Å². The molecular formula is C13H21N3O3S. The van der Waals surface area contributed by atoms with Gasteiger partial charge in [0.1, 0.15) is 0 Å². The molecule has 0 fully saturated rings. The highest BCUT2D eigenvalue weighted by Gasteiger charge is 2.29. The van der Waals surface area contributed by atoms with Crippen molar-refractivity contribution in [1.29, 1.82) is 0 Å². The number of carbonyl (C=O) groups is 1. The van der Waals surface area contributed by atoms with Crippen LogP contribution in [0.2, 0.25) is 0 Å². The Bertz CT molecular complexity index is 565. The molecule has 0 aliphatic heterocycles. The minimum absolute atomic E-state index is 0.0699. The van der Waals surface area contributed by atoms with E-state index in [0.717, 1.165) is 5.56 Å². The normalized spacial score (nSPS) is 12.2. The summed E-state index contributed by atoms with van der Waals surface area (Å²) in [6.07, 6.45) is 0. The molecule has 0 saturated carbocycles. The number of rotatable bonds is 6. The van der Waals surface area contributed by atoms with Crippen molar-refractivity contribution >= 4 is 21.6 Å². The fraction of sp³-hybridized carbons (Fsp3) is 0.462. The Balaban J connectivity index is 2.68. The van der Waals surface area contributed by atoms with Gasteiger partial charge in [-0.25, -0.2) is 13.1 Å². The molecule has 0 aliphatic rings. The summed E-state index contributed by atoms with van der Waals surface area (Å²) < 4.78 is 24.7. The van der Waals surface area contributed by atoms with Crippen LogP contribution in [0.1, 0.15) is 19.4 Å². The van der Waals surface area contributed by atoms with Crippen LogP contribution in [0, 0.1) is 0 Å². The molecule has 0 unspecified atom stereocenters. The van der Waals surface area contributed by atoms with Crippen molar-refractivity contribution in [3.63, 3.8) is 0 Å². The summed E-state index contributed by atoms with van der Waals surface area (Å²) >= 11 is 0. The molecule has 0 atom stereocenters. The third-order valence-corrected chi connectivity index (χ3v) is 4.53. The fourth-order valence-corrected chi connectivity index (χ4v) is 2.23. The van der Waals surface area contributed by atoms with E-state index in [2.05, 4.69) is 10.0 Å². The summed E-state index contributed by atoms with van der Waals surface area (Å²) in [7, 11) is -1.97. The molecule has 0 aromatic heterocycles. The lowest BCUT2D eigenvalue weighted by atomic mass is 9.83. The summed E-state index contributed by atoms with van der Waals surface area (Å²) in [5.74, 6) is -0.374. The van der Waals surface area contributed by atoms with Crippen LogP contribution in [0.4, 0.5) is 5.69 Å². The minimum atomic E-state index is -3.31. The number of sulfonamides is 1. The molecule has 0 heterocycles. The van der Waals surface area contributed by atoms with E-state index < -0.39 is 15.4 Å². The number of amides is 1. The summed E-state index contributed by atoms with van der Waals surface area (Å²) in [5, 5.41) is 2.64. The quantitative estimate of drug-likeness (QED) is 0.654. The monoisotopic (exact) mass is 299 g/mol. The Morgan fingerprint density at radius 1 is 1.25 bits per heavy atom. The van der Waals surface area contributed by atoms with Gasteiger partial charge in [0.2, 0.25) is 15.9 Å². The van der Waals surface area contributed by atoms with Crippen LogP contribution in [0.25, 0.3) is 0 Å². The molecule has 4 N–H and O–H groups in total. The molecule has 0 saturated heterocycles. The zero-order valence-corrected chi connectivity index (χ0v) is 12.8. The number of nitrogen functional groups attached to an aromatic ring is 1. The van der Waals surface area contributed by atoms with Crippen molar-refractivity contribution in [2.24, 2.45) is 0 Å². The van der Waals surface area contributed by atoms with Gasteiger partial charge in [-0.2, -0.15) is 0 Å². The standard InChI is InChI=1S/C13H21N3O3S/c1-13(2,10-4-6-11(14)7-5-10)12(17)16-8-9-20(18,19)15-3/h4-7,15H,8-9,14H2,1-3H3,(H,16,17). The third kappa shape index (κ3) is 4.21. The molecule has 0 spiro atoms. The number of nitrogens with one attached hydrogen (secondary N) is 2. The smallest absolute Gasteiger partial charge is 0.230 e. The number of carbonyl (C=O) groups excluding carboxylic acids is 1. The van der Waals surface area contributed by atoms with Gasteiger partial charge in [-0.15, -0.1) is 0 Å². The predicted octanol–water partition coefficient (Wildman–Crippen LogP) is 0.212. The average Bonchev–Trinajstić information content (AvgIpc) is 2.39. The zero-order chi connectivity index (χ0) is 15.4. The molecule has 1 amide bonds. The maximum atomic E-state index is 12.2. The van der Waals surface area contributed by atoms with Gasteiger partial charge in [0, 0.05) is 12.2 Å². The van der Waals surface area contributed by atoms with Crippen LogP contribution in [0.5, 0.6) is 0 Å². The predicted molar refractivity (Wildman–Crippen MR) is 79.7 cm³/mol. The van der Waals surface area contributed by atoms with Gasteiger partial charge in [-0.1, -0.05) is 12.1 Å². The van der Waals surface area contributed by atoms with Gasteiger partial charge in [0.15, 0.2) is 0 Å². The van der Waals surface area contributed by atoms with Crippen LogP contribution in [0.15, 0.2) is 24.3 Å². The second-order valence-electron chi connectivity index (χ2n) is 5.03. The second kappa shape index (κ2) is 6.23. The molecule has 7 heteroatoms. The van der Waals surface area contributed by atoms with Crippen LogP contribution >= 0.6 is 0 Å². The Morgan fingerprint density at radius 2 is 1.80 bits per heavy atom. The van der Waals surface area contributed by atoms with Crippen molar-refractivity contribution in [1.82, 2.24) is 10.0 Å². The van der Waals surface area contributed by atoms with E-state index in [4.69, 9.17) is 5.73 Å². The molecule has 112 valence electrons. The molecule has 1 rings (SSSR count). The Hall–Kier alpha value is -1.60. The number of benzene rings is 1. The Kier molecular flexibility index (Phi) is 5.13. The number of nitrogens with two attached hydrogens (primary N) is 1. The van der Waals surface area contributed by atoms with E-state index in [-0.39, 0.29) is 18.2 Å². The van der Waals surface area contributed by atoms with Gasteiger partial charge in [0.25, 0.3) is 0 Å². The van der Waals surface area contributed by atoms with Gasteiger partial charge in [0.05, 0.1) is 11.2 Å². The van der Waals surface area contributed by atoms with Crippen molar-refractivity contribution in [3.05, 3.63) is 29.8 Å². The van der Waals surface area contributed by atoms with Crippen molar-refractivity contribution < 1.29 is 13.2 Å². The molecule has 1 aromatic rings. The maximum absolute atomic E-state index is 12.2. The van der Waals surface area contributed by atoms with Crippen LogP contribution in [0.3, 0.4) is 0 Å². The fourth-order valence-electron chi connectivity index (χ4n) is 1.65. The van der Waals surface area contributed by atoms with Crippen molar-refractivity contribution in [2.45, 2.75) is 19.3 Å². The lowest BCUT2D eigenvalue weighted by Crippen LogP contribution is -2.42. The van der Waals surface area contributed by atoms with Crippen LogP contribution < -0.4 is 15.8 Å².